The van der Waals surface area contributed by atoms with Crippen molar-refractivity contribution >= 4 is 0 Å². The average Bonchev–Trinajstić information content (AvgIpc) is 2.27. The molecule has 0 bridgehead atoms. The van der Waals surface area contributed by atoms with E-state index in [4.69, 9.17) is 17.0 Å². The zero-order valence-electron chi connectivity index (χ0n) is 10.7. The zero-order valence-corrected chi connectivity index (χ0v) is 10.7. The van der Waals surface area contributed by atoms with Crippen molar-refractivity contribution in [3.63, 3.8) is 0 Å². The minimum Gasteiger partial charge on any atom is -0.377 e. The monoisotopic (exact) mass is 224 g/mol. The molecule has 92 valence electrons. The number of nitrogens with one attached hydrogen (secondary N) is 1. The van der Waals surface area contributed by atoms with Crippen LogP contribution in [0.1, 0.15) is 46.0 Å². The summed E-state index contributed by atoms with van der Waals surface area (Å²) in [5, 5.41) is 0. The van der Waals surface area contributed by atoms with Gasteiger partial charge in [0.1, 0.15) is 0 Å². The van der Waals surface area contributed by atoms with Gasteiger partial charge in [-0.25, -0.2) is 0 Å². The first-order valence-electron chi connectivity index (χ1n) is 5.94. The second-order valence-corrected chi connectivity index (χ2v) is 5.56. The Morgan fingerprint density at radius 3 is 2.31 bits per heavy atom. The summed E-state index contributed by atoms with van der Waals surface area (Å²) < 4.78 is 5.74. The summed E-state index contributed by atoms with van der Waals surface area (Å²) in [4.78, 5) is 0. The van der Waals surface area contributed by atoms with Gasteiger partial charge in [0.2, 0.25) is 0 Å². The van der Waals surface area contributed by atoms with Crippen molar-refractivity contribution in [2.75, 3.05) is 7.11 Å². The number of nitrogens with two attached hydrogens (primary N) is 1. The van der Waals surface area contributed by atoms with Crippen LogP contribution in [0.5, 0.6) is 0 Å². The zero-order chi connectivity index (χ0) is 12.2. The van der Waals surface area contributed by atoms with Gasteiger partial charge < -0.3 is 4.74 Å². The molecule has 0 aromatic rings. The first-order valence-corrected chi connectivity index (χ1v) is 5.94. The maximum atomic E-state index is 5.74. The number of ether oxygens (including phenoxy) is 1. The summed E-state index contributed by atoms with van der Waals surface area (Å²) in [6, 6.07) is 0.0543. The first kappa shape index (κ1) is 13.5. The fourth-order valence-corrected chi connectivity index (χ4v) is 2.56. The van der Waals surface area contributed by atoms with E-state index in [9.17, 15) is 0 Å². The molecule has 0 heterocycles. The van der Waals surface area contributed by atoms with Crippen molar-refractivity contribution in [1.82, 2.24) is 5.43 Å². The maximum absolute atomic E-state index is 5.74. The summed E-state index contributed by atoms with van der Waals surface area (Å²) in [6.07, 6.45) is 10.3. The summed E-state index contributed by atoms with van der Waals surface area (Å²) >= 11 is 0. The maximum Gasteiger partial charge on any atom is 0.0854 e. The van der Waals surface area contributed by atoms with Crippen LogP contribution in [0.4, 0.5) is 0 Å². The smallest absolute Gasteiger partial charge is 0.0854 e. The molecule has 0 spiro atoms. The molecule has 3 heteroatoms. The second kappa shape index (κ2) is 5.18. The van der Waals surface area contributed by atoms with E-state index in [1.807, 2.05) is 0 Å². The quantitative estimate of drug-likeness (QED) is 0.435. The van der Waals surface area contributed by atoms with Gasteiger partial charge in [-0.05, 0) is 31.1 Å². The predicted octanol–water partition coefficient (Wildman–Crippen LogP) is 1.83. The Morgan fingerprint density at radius 2 is 1.94 bits per heavy atom. The fraction of sp³-hybridized carbons (Fsp3) is 0.846. The standard InChI is InChI=1S/C13H24N2O/c1-5-6-11(15-14)13(16-4)9-7-12(2,3)8-10-13/h1,11,15H,6-10,14H2,2-4H3. The van der Waals surface area contributed by atoms with Crippen LogP contribution in [-0.4, -0.2) is 18.8 Å². The predicted molar refractivity (Wildman–Crippen MR) is 66.6 cm³/mol. The summed E-state index contributed by atoms with van der Waals surface area (Å²) in [5.74, 6) is 8.27. The first-order chi connectivity index (χ1) is 7.49. The van der Waals surface area contributed by atoms with E-state index in [0.29, 0.717) is 11.8 Å². The fourth-order valence-electron chi connectivity index (χ4n) is 2.56. The third-order valence-electron chi connectivity index (χ3n) is 4.01. The van der Waals surface area contributed by atoms with Gasteiger partial charge in [0.05, 0.1) is 11.6 Å². The normalized spacial score (nSPS) is 24.7. The Hall–Kier alpha value is -0.560. The molecule has 1 aliphatic rings. The molecule has 1 unspecified atom stereocenters. The van der Waals surface area contributed by atoms with Gasteiger partial charge in [0.25, 0.3) is 0 Å². The Bertz CT molecular complexity index is 258. The highest BCUT2D eigenvalue weighted by molar-refractivity contribution is 5.03. The van der Waals surface area contributed by atoms with E-state index in [1.165, 1.54) is 0 Å². The van der Waals surface area contributed by atoms with E-state index in [2.05, 4.69) is 25.2 Å². The second-order valence-electron chi connectivity index (χ2n) is 5.56. The van der Waals surface area contributed by atoms with Crippen LogP contribution in [0.3, 0.4) is 0 Å². The van der Waals surface area contributed by atoms with Crippen LogP contribution in [-0.2, 0) is 4.74 Å². The molecular weight excluding hydrogens is 200 g/mol. The number of hydrazine groups is 1. The van der Waals surface area contributed by atoms with Gasteiger partial charge in [-0.15, -0.1) is 12.3 Å². The van der Waals surface area contributed by atoms with Crippen LogP contribution in [0.2, 0.25) is 0 Å². The molecule has 1 atom stereocenters. The Balaban J connectivity index is 2.75. The third-order valence-corrected chi connectivity index (χ3v) is 4.01. The molecule has 1 saturated carbocycles. The summed E-state index contributed by atoms with van der Waals surface area (Å²) in [6.45, 7) is 4.61. The van der Waals surface area contributed by atoms with Crippen molar-refractivity contribution in [2.45, 2.75) is 57.6 Å². The Morgan fingerprint density at radius 1 is 1.38 bits per heavy atom. The molecule has 0 amide bonds. The number of terminal acetylenes is 1. The van der Waals surface area contributed by atoms with Crippen molar-refractivity contribution in [2.24, 2.45) is 11.3 Å². The molecule has 0 aromatic carbocycles. The van der Waals surface area contributed by atoms with E-state index < -0.39 is 0 Å². The molecule has 0 saturated heterocycles. The minimum atomic E-state index is -0.184. The van der Waals surface area contributed by atoms with Gasteiger partial charge >= 0.3 is 0 Å². The van der Waals surface area contributed by atoms with Crippen molar-refractivity contribution < 1.29 is 4.74 Å². The van der Waals surface area contributed by atoms with Crippen LogP contribution in [0.15, 0.2) is 0 Å². The lowest BCUT2D eigenvalue weighted by Gasteiger charge is -2.46. The highest BCUT2D eigenvalue weighted by Crippen LogP contribution is 2.43. The molecule has 0 radical (unpaired) electrons. The Labute approximate surface area is 99.1 Å². The average molecular weight is 224 g/mol. The highest BCUT2D eigenvalue weighted by Gasteiger charge is 2.43. The molecule has 1 fully saturated rings. The summed E-state index contributed by atoms with van der Waals surface area (Å²) in [7, 11) is 1.76. The topological polar surface area (TPSA) is 47.3 Å². The van der Waals surface area contributed by atoms with Crippen LogP contribution in [0.25, 0.3) is 0 Å². The van der Waals surface area contributed by atoms with Gasteiger partial charge in [-0.2, -0.15) is 0 Å². The molecule has 0 aromatic heterocycles. The SMILES string of the molecule is C#CCC(NN)C1(OC)CCC(C)(C)CC1. The van der Waals surface area contributed by atoms with E-state index in [-0.39, 0.29) is 11.6 Å². The molecule has 1 aliphatic carbocycles. The van der Waals surface area contributed by atoms with E-state index >= 15 is 0 Å². The lowest BCUT2D eigenvalue weighted by atomic mass is 9.68. The van der Waals surface area contributed by atoms with Gasteiger partial charge in [-0.1, -0.05) is 13.8 Å². The molecule has 3 N–H and O–H groups in total. The van der Waals surface area contributed by atoms with Crippen molar-refractivity contribution in [3.8, 4) is 12.3 Å². The Kier molecular flexibility index (Phi) is 4.37. The van der Waals surface area contributed by atoms with Crippen molar-refractivity contribution in [3.05, 3.63) is 0 Å². The van der Waals surface area contributed by atoms with Crippen LogP contribution >= 0.6 is 0 Å². The van der Waals surface area contributed by atoms with Crippen molar-refractivity contribution in [1.29, 1.82) is 0 Å². The molecular formula is C13H24N2O. The largest absolute Gasteiger partial charge is 0.377 e. The van der Waals surface area contributed by atoms with Crippen LogP contribution in [0, 0.1) is 17.8 Å². The van der Waals surface area contributed by atoms with E-state index in [1.54, 1.807) is 7.11 Å². The lowest BCUT2D eigenvalue weighted by Crippen LogP contribution is -2.56. The highest BCUT2D eigenvalue weighted by atomic mass is 16.5. The number of rotatable bonds is 4. The summed E-state index contributed by atoms with van der Waals surface area (Å²) in [5.41, 5.74) is 3.05. The molecule has 1 rings (SSSR count). The van der Waals surface area contributed by atoms with Gasteiger partial charge in [-0.3, -0.25) is 11.3 Å². The number of hydrogen-bond donors (Lipinski definition) is 2. The van der Waals surface area contributed by atoms with Gasteiger partial charge in [0, 0.05) is 13.5 Å². The number of hydrogen-bond acceptors (Lipinski definition) is 3. The molecule has 3 nitrogen and oxygen atoms in total. The number of methoxy groups -OCH3 is 1. The third kappa shape index (κ3) is 2.76. The molecule has 0 aliphatic heterocycles. The van der Waals surface area contributed by atoms with Crippen LogP contribution < -0.4 is 11.3 Å². The van der Waals surface area contributed by atoms with E-state index in [0.717, 1.165) is 25.7 Å². The molecule has 16 heavy (non-hydrogen) atoms. The van der Waals surface area contributed by atoms with Gasteiger partial charge in [0.15, 0.2) is 0 Å². The lowest BCUT2D eigenvalue weighted by molar-refractivity contribution is -0.0852. The minimum absolute atomic E-state index is 0.0543.